The Hall–Kier alpha value is -6.14. The zero-order valence-electron chi connectivity index (χ0n) is 25.5. The first-order valence-electron chi connectivity index (χ1n) is 15.7. The molecule has 1 saturated heterocycles. The Bertz CT molecular complexity index is 2160. The first-order chi connectivity index (χ1) is 23.3. The van der Waals surface area contributed by atoms with Crippen molar-refractivity contribution in [3.8, 4) is 56.1 Å². The molecule has 3 heterocycles. The maximum absolute atomic E-state index is 14.4. The predicted octanol–water partition coefficient (Wildman–Crippen LogP) is 9.32. The number of carbonyl (C=O) groups excluding carboxylic acids is 1. The van der Waals surface area contributed by atoms with E-state index in [1.54, 1.807) is 11.2 Å². The van der Waals surface area contributed by atoms with Crippen molar-refractivity contribution in [2.75, 3.05) is 11.4 Å². The van der Waals surface area contributed by atoms with Crippen LogP contribution in [0.25, 0.3) is 56.1 Å². The average Bonchev–Trinajstić information content (AvgIpc) is 3.76. The number of aromatic nitrogens is 3. The molecule has 0 N–H and O–H groups in total. The third-order valence-corrected chi connectivity index (χ3v) is 8.64. The van der Waals surface area contributed by atoms with Crippen molar-refractivity contribution in [2.24, 2.45) is 0 Å². The molecule has 0 bridgehead atoms. The number of amides is 1. The molecule has 2 aromatic heterocycles. The topological polar surface area (TPSA) is 72.1 Å². The Balaban J connectivity index is 1.23. The van der Waals surface area contributed by atoms with E-state index >= 15 is 0 Å². The third kappa shape index (κ3) is 5.30. The van der Waals surface area contributed by atoms with Crippen molar-refractivity contribution >= 4 is 11.7 Å². The van der Waals surface area contributed by atoms with Gasteiger partial charge in [0.05, 0.1) is 11.3 Å². The van der Waals surface area contributed by atoms with Crippen LogP contribution in [-0.2, 0) is 4.79 Å². The van der Waals surface area contributed by atoms with E-state index in [-0.39, 0.29) is 5.91 Å². The van der Waals surface area contributed by atoms with Crippen molar-refractivity contribution in [2.45, 2.75) is 12.3 Å². The van der Waals surface area contributed by atoms with E-state index in [9.17, 15) is 4.79 Å². The monoisotopic (exact) mass is 610 g/mol. The molecule has 1 aliphatic heterocycles. The van der Waals surface area contributed by atoms with Gasteiger partial charge in [-0.15, -0.1) is 0 Å². The summed E-state index contributed by atoms with van der Waals surface area (Å²) in [6.07, 6.45) is 2.09. The Kier molecular flexibility index (Phi) is 7.44. The molecule has 7 aromatic rings. The minimum atomic E-state index is -0.561. The van der Waals surface area contributed by atoms with Gasteiger partial charge >= 0.3 is 0 Å². The molecular formula is C41H30N4O2. The second-order valence-electron chi connectivity index (χ2n) is 11.5. The average molecular weight is 611 g/mol. The van der Waals surface area contributed by atoms with Crippen LogP contribution in [0.15, 0.2) is 156 Å². The second kappa shape index (κ2) is 12.3. The van der Waals surface area contributed by atoms with Crippen LogP contribution < -0.4 is 4.90 Å². The summed E-state index contributed by atoms with van der Waals surface area (Å²) < 4.78 is 6.60. The largest absolute Gasteiger partial charge is 0.439 e. The standard InChI is InChI=1S/C41H30N4O2/c46-41-34(25-26-45(41)39-35(29-17-7-2-8-18-29)36(42-27-43-39)30-19-9-3-10-20-30)40-44-37(38(47-40)31-21-11-4-12-22-31)33-24-14-13-23-32(33)28-15-5-1-6-16-28/h1-24,27,34H,25-26H2. The van der Waals surface area contributed by atoms with Gasteiger partial charge in [-0.2, -0.15) is 0 Å². The summed E-state index contributed by atoms with van der Waals surface area (Å²) in [5, 5.41) is 0. The van der Waals surface area contributed by atoms with E-state index in [1.807, 2.05) is 121 Å². The molecule has 1 unspecified atom stereocenters. The molecule has 47 heavy (non-hydrogen) atoms. The molecule has 0 spiro atoms. The Labute approximate surface area is 273 Å². The van der Waals surface area contributed by atoms with Crippen molar-refractivity contribution in [1.82, 2.24) is 15.0 Å². The van der Waals surface area contributed by atoms with Crippen LogP contribution in [-0.4, -0.2) is 27.4 Å². The molecule has 5 aromatic carbocycles. The van der Waals surface area contributed by atoms with Gasteiger partial charge in [-0.3, -0.25) is 9.69 Å². The molecule has 0 saturated carbocycles. The van der Waals surface area contributed by atoms with Crippen LogP contribution in [0.4, 0.5) is 5.82 Å². The summed E-state index contributed by atoms with van der Waals surface area (Å²) in [5.41, 5.74) is 8.21. The van der Waals surface area contributed by atoms with Crippen molar-refractivity contribution < 1.29 is 9.21 Å². The number of carbonyl (C=O) groups is 1. The lowest BCUT2D eigenvalue weighted by Crippen LogP contribution is -2.28. The first-order valence-corrected chi connectivity index (χ1v) is 15.7. The Morgan fingerprint density at radius 2 is 1.13 bits per heavy atom. The summed E-state index contributed by atoms with van der Waals surface area (Å²) in [5.74, 6) is 0.987. The number of oxazole rings is 1. The van der Waals surface area contributed by atoms with Gasteiger partial charge in [-0.25, -0.2) is 15.0 Å². The smallest absolute Gasteiger partial charge is 0.240 e. The molecule has 0 radical (unpaired) electrons. The molecule has 1 amide bonds. The number of hydrogen-bond donors (Lipinski definition) is 0. The van der Waals surface area contributed by atoms with Crippen molar-refractivity contribution in [3.05, 3.63) is 158 Å². The zero-order valence-corrected chi connectivity index (χ0v) is 25.5. The van der Waals surface area contributed by atoms with E-state index in [1.165, 1.54) is 0 Å². The minimum Gasteiger partial charge on any atom is -0.439 e. The number of anilines is 1. The minimum absolute atomic E-state index is 0.0938. The van der Waals surface area contributed by atoms with Gasteiger partial charge in [0.25, 0.3) is 0 Å². The molecule has 1 atom stereocenters. The van der Waals surface area contributed by atoms with Crippen molar-refractivity contribution in [3.63, 3.8) is 0 Å². The van der Waals surface area contributed by atoms with E-state index in [2.05, 4.69) is 24.3 Å². The van der Waals surface area contributed by atoms with E-state index < -0.39 is 5.92 Å². The molecule has 8 rings (SSSR count). The van der Waals surface area contributed by atoms with Gasteiger partial charge in [0.2, 0.25) is 11.8 Å². The van der Waals surface area contributed by atoms with E-state index in [0.717, 1.165) is 50.3 Å². The van der Waals surface area contributed by atoms with Crippen LogP contribution in [0.1, 0.15) is 18.2 Å². The lowest BCUT2D eigenvalue weighted by atomic mass is 9.96. The summed E-state index contributed by atoms with van der Waals surface area (Å²) in [6, 6.07) is 48.5. The van der Waals surface area contributed by atoms with Gasteiger partial charge in [-0.05, 0) is 23.1 Å². The molecule has 1 aliphatic rings. The maximum Gasteiger partial charge on any atom is 0.240 e. The van der Waals surface area contributed by atoms with Gasteiger partial charge < -0.3 is 4.42 Å². The highest BCUT2D eigenvalue weighted by Crippen LogP contribution is 2.43. The molecule has 6 heteroatoms. The number of rotatable bonds is 7. The first kappa shape index (κ1) is 28.3. The number of nitrogens with zero attached hydrogens (tertiary/aromatic N) is 4. The van der Waals surface area contributed by atoms with Gasteiger partial charge in [0.15, 0.2) is 5.76 Å². The third-order valence-electron chi connectivity index (χ3n) is 8.64. The van der Waals surface area contributed by atoms with Crippen molar-refractivity contribution in [1.29, 1.82) is 0 Å². The number of benzene rings is 5. The second-order valence-corrected chi connectivity index (χ2v) is 11.5. The van der Waals surface area contributed by atoms with Gasteiger partial charge in [-0.1, -0.05) is 146 Å². The molecule has 0 aliphatic carbocycles. The molecular weight excluding hydrogens is 580 g/mol. The maximum atomic E-state index is 14.4. The van der Waals surface area contributed by atoms with E-state index in [0.29, 0.717) is 30.4 Å². The summed E-state index contributed by atoms with van der Waals surface area (Å²) in [7, 11) is 0. The van der Waals surface area contributed by atoms with Crippen LogP contribution in [0.5, 0.6) is 0 Å². The van der Waals surface area contributed by atoms with Gasteiger partial charge in [0, 0.05) is 23.2 Å². The molecule has 226 valence electrons. The summed E-state index contributed by atoms with van der Waals surface area (Å²) in [6.45, 7) is 0.480. The fourth-order valence-corrected chi connectivity index (χ4v) is 6.40. The SMILES string of the molecule is O=C1C(c2nc(-c3ccccc3-c3ccccc3)c(-c3ccccc3)o2)CCN1c1ncnc(-c2ccccc2)c1-c1ccccc1. The quantitative estimate of drug-likeness (QED) is 0.180. The predicted molar refractivity (Wildman–Crippen MR) is 185 cm³/mol. The summed E-state index contributed by atoms with van der Waals surface area (Å²) in [4.78, 5) is 30.7. The fraction of sp³-hybridized carbons (Fsp3) is 0.0732. The van der Waals surface area contributed by atoms with Crippen LogP contribution in [0.3, 0.4) is 0 Å². The lowest BCUT2D eigenvalue weighted by Gasteiger charge is -2.21. The lowest BCUT2D eigenvalue weighted by molar-refractivity contribution is -0.118. The molecule has 6 nitrogen and oxygen atoms in total. The van der Waals surface area contributed by atoms with E-state index in [4.69, 9.17) is 19.4 Å². The zero-order chi connectivity index (χ0) is 31.6. The number of hydrogen-bond acceptors (Lipinski definition) is 5. The highest BCUT2D eigenvalue weighted by Gasteiger charge is 2.40. The normalized spacial score (nSPS) is 14.4. The summed E-state index contributed by atoms with van der Waals surface area (Å²) >= 11 is 0. The highest BCUT2D eigenvalue weighted by atomic mass is 16.4. The highest BCUT2D eigenvalue weighted by molar-refractivity contribution is 6.04. The fourth-order valence-electron chi connectivity index (χ4n) is 6.40. The van der Waals surface area contributed by atoms with Gasteiger partial charge in [0.1, 0.15) is 23.8 Å². The Morgan fingerprint density at radius 3 is 1.79 bits per heavy atom. The Morgan fingerprint density at radius 1 is 0.574 bits per heavy atom. The van der Waals surface area contributed by atoms with Crippen LogP contribution >= 0.6 is 0 Å². The van der Waals surface area contributed by atoms with Crippen LogP contribution in [0.2, 0.25) is 0 Å². The van der Waals surface area contributed by atoms with Crippen LogP contribution in [0, 0.1) is 0 Å². The molecule has 1 fully saturated rings.